The number of rotatable bonds is 6. The fraction of sp³-hybridized carbons (Fsp3) is 0. The topological polar surface area (TPSA) is 202 Å². The molecule has 0 amide bonds. The molecule has 21 rings (SSSR count). The Morgan fingerprint density at radius 3 is 1.11 bits per heavy atom. The van der Waals surface area contributed by atoms with Crippen molar-refractivity contribution >= 4 is 231 Å². The van der Waals surface area contributed by atoms with Crippen LogP contribution in [0.1, 0.15) is 88.0 Å². The molecule has 4 aliphatic heterocycles. The molecule has 0 saturated carbocycles. The molecule has 8 bridgehead atoms. The zero-order valence-corrected chi connectivity index (χ0v) is 72.4. The fourth-order valence-electron chi connectivity index (χ4n) is 16.0. The number of hydrogen-bond acceptors (Lipinski definition) is 16. The van der Waals surface area contributed by atoms with E-state index in [-0.39, 0.29) is 84.4 Å². The predicted octanol–water partition coefficient (Wildman–Crippen LogP) is 25.4. The number of carbonyl (C=O) groups excluding carboxylic acids is 2. The van der Waals surface area contributed by atoms with Gasteiger partial charge in [0.25, 0.3) is 11.4 Å². The molecule has 15 aromatic rings. The molecule has 25 heteroatoms. The second kappa shape index (κ2) is 31.5. The average Bonchev–Trinajstić information content (AvgIpc) is 1.05. The molecule has 10 aromatic carbocycles. The maximum Gasteiger partial charge on any atom is 2.00 e. The van der Waals surface area contributed by atoms with Crippen LogP contribution in [0.5, 0.6) is 0 Å². The number of nitriles is 2. The third-order valence-electron chi connectivity index (χ3n) is 21.5. The number of Topliss-reactive ketones (excluding diaryl/α,β-unsaturated/α-hetero) is 2. The van der Waals surface area contributed by atoms with E-state index in [1.165, 1.54) is 24.3 Å². The Labute approximate surface area is 750 Å². The molecule has 0 saturated heterocycles. The van der Waals surface area contributed by atoms with Gasteiger partial charge >= 0.3 is 19.5 Å². The van der Waals surface area contributed by atoms with Crippen molar-refractivity contribution in [1.29, 1.82) is 10.5 Å². The van der Waals surface area contributed by atoms with Crippen LogP contribution in [0, 0.1) is 59.5 Å². The number of carbonyl (C=O) groups is 2. The van der Waals surface area contributed by atoms with E-state index in [0.29, 0.717) is 123 Å². The first kappa shape index (κ1) is 77.5. The number of fused-ring (bicyclic) bond motifs is 16. The number of aromatic nitrogens is 8. The van der Waals surface area contributed by atoms with Crippen molar-refractivity contribution in [2.24, 2.45) is 0 Å². The zero-order valence-electron chi connectivity index (χ0n) is 63.2. The quantitative estimate of drug-likeness (QED) is 0.0499. The number of halogens is 4. The number of allylic oxidation sites excluding steroid dienone is 6. The summed E-state index contributed by atoms with van der Waals surface area (Å²) >= 11 is 31.3. The molecule has 0 spiro atoms. The Hall–Kier alpha value is -14.1. The van der Waals surface area contributed by atoms with Crippen molar-refractivity contribution in [3.8, 4) is 58.1 Å². The van der Waals surface area contributed by atoms with Crippen LogP contribution in [0.3, 0.4) is 0 Å². The normalized spacial score (nSPS) is 14.5. The Kier molecular flexibility index (Phi) is 19.8. The van der Waals surface area contributed by atoms with Crippen molar-refractivity contribution in [2.75, 3.05) is 9.80 Å². The maximum absolute atomic E-state index is 14.4. The van der Waals surface area contributed by atoms with Crippen LogP contribution in [0.2, 0.25) is 20.1 Å². The van der Waals surface area contributed by atoms with Crippen LogP contribution >= 0.6 is 93.4 Å². The second-order valence-electron chi connectivity index (χ2n) is 28.3. The number of ketones is 2. The van der Waals surface area contributed by atoms with Crippen LogP contribution in [0.15, 0.2) is 261 Å². The molecule has 123 heavy (non-hydrogen) atoms. The van der Waals surface area contributed by atoms with Gasteiger partial charge in [-0.25, -0.2) is 30.2 Å². The van der Waals surface area contributed by atoms with Crippen LogP contribution in [0.25, 0.3) is 124 Å². The zero-order chi connectivity index (χ0) is 82.7. The summed E-state index contributed by atoms with van der Waals surface area (Å²) in [6, 6.07) is 75.1. The molecular formula is C98H42Cl4N14O2S4Zn. The van der Waals surface area contributed by atoms with E-state index in [2.05, 4.69) is 189 Å². The first-order chi connectivity index (χ1) is 59.8. The molecule has 0 radical (unpaired) electrons. The molecule has 0 fully saturated rings. The SMILES string of the molecule is [C-]#[N+]/C(C#N)=C1\C(=C\c2ccc(C#Cc3c4nc(c(-c5ccc(N6c7ccccc7Sc7ccccc76)cc5)c5ccc([n-]5)c(C#Cc5ccc(/C=C6\C(=O)c7cc(Cl)c(Cl)cc7\C6=C(\C#N)[N+]#[C-])c6nsnc56)c5nc(c(-c6ccc(N7c8ccccc8Sc8ccccc87)cc6)c6ccc3[n-]6)C=C5)C=C4)c3nsnc23)C(=O)c2cc(Cl)c(Cl)cc21.[Zn+2]. The van der Waals surface area contributed by atoms with Gasteiger partial charge in [0, 0.05) is 86.6 Å². The van der Waals surface area contributed by atoms with Crippen LogP contribution in [-0.2, 0) is 19.5 Å². The average molecular weight is 1780 g/mol. The van der Waals surface area contributed by atoms with E-state index >= 15 is 0 Å². The minimum absolute atomic E-state index is 0. The number of benzene rings is 10. The summed E-state index contributed by atoms with van der Waals surface area (Å²) in [7, 11) is 0. The Balaban J connectivity index is 0.00000960. The van der Waals surface area contributed by atoms with Gasteiger partial charge in [-0.2, -0.15) is 17.5 Å². The van der Waals surface area contributed by atoms with Gasteiger partial charge < -0.3 is 19.8 Å². The van der Waals surface area contributed by atoms with Gasteiger partial charge in [-0.1, -0.05) is 203 Å². The summed E-state index contributed by atoms with van der Waals surface area (Å²) in [6.45, 7) is 15.9. The molecule has 570 valence electrons. The van der Waals surface area contributed by atoms with Crippen molar-refractivity contribution in [1.82, 2.24) is 37.4 Å². The van der Waals surface area contributed by atoms with E-state index in [1.54, 1.807) is 59.9 Å². The molecule has 9 heterocycles. The first-order valence-electron chi connectivity index (χ1n) is 37.5. The fourth-order valence-corrected chi connectivity index (χ4v) is 19.9. The molecule has 0 unspecified atom stereocenters. The summed E-state index contributed by atoms with van der Waals surface area (Å²) in [5.74, 6) is 13.2. The van der Waals surface area contributed by atoms with Gasteiger partial charge in [0.15, 0.2) is 11.6 Å². The Bertz CT molecular complexity index is 7450. The van der Waals surface area contributed by atoms with Gasteiger partial charge in [0.1, 0.15) is 22.1 Å². The maximum atomic E-state index is 14.4. The third kappa shape index (κ3) is 13.3. The molecule has 6 aliphatic rings. The smallest absolute Gasteiger partial charge is 0.656 e. The van der Waals surface area contributed by atoms with Gasteiger partial charge in [-0.3, -0.25) is 9.59 Å². The van der Waals surface area contributed by atoms with E-state index in [0.717, 1.165) is 88.3 Å². The van der Waals surface area contributed by atoms with Gasteiger partial charge in [0.05, 0.1) is 125 Å². The molecule has 5 aromatic heterocycles. The van der Waals surface area contributed by atoms with Crippen molar-refractivity contribution in [2.45, 2.75) is 19.6 Å². The van der Waals surface area contributed by atoms with Crippen molar-refractivity contribution in [3.05, 3.63) is 362 Å². The van der Waals surface area contributed by atoms with E-state index in [9.17, 15) is 20.1 Å². The summed E-state index contributed by atoms with van der Waals surface area (Å²) in [6.07, 6.45) is 11.0. The predicted molar refractivity (Wildman–Crippen MR) is 488 cm³/mol. The number of anilines is 6. The molecule has 0 N–H and O–H groups in total. The summed E-state index contributed by atoms with van der Waals surface area (Å²) in [4.78, 5) is 67.1. The number of nitrogens with zero attached hydrogens (tertiary/aromatic N) is 14. The van der Waals surface area contributed by atoms with E-state index < -0.39 is 11.6 Å². The second-order valence-corrected chi connectivity index (χ2v) is 33.2. The largest absolute Gasteiger partial charge is 2.00 e. The molecule has 16 nitrogen and oxygen atoms in total. The minimum Gasteiger partial charge on any atom is -0.656 e. The Morgan fingerprint density at radius 1 is 0.407 bits per heavy atom. The van der Waals surface area contributed by atoms with Gasteiger partial charge in [-0.15, -0.1) is 22.1 Å². The summed E-state index contributed by atoms with van der Waals surface area (Å²) in [5, 5.41) is 21.1. The van der Waals surface area contributed by atoms with E-state index in [1.807, 2.05) is 60.7 Å². The summed E-state index contributed by atoms with van der Waals surface area (Å²) < 4.78 is 19.1. The van der Waals surface area contributed by atoms with E-state index in [4.69, 9.17) is 97.0 Å². The van der Waals surface area contributed by atoms with Gasteiger partial charge in [-0.05, 0) is 179 Å². The number of hydrogen-bond donors (Lipinski definition) is 0. The molecule has 2 aliphatic carbocycles. The van der Waals surface area contributed by atoms with Crippen LogP contribution in [-0.4, -0.2) is 39.0 Å². The third-order valence-corrected chi connectivity index (χ3v) is 26.3. The van der Waals surface area contributed by atoms with Crippen LogP contribution < -0.4 is 19.8 Å². The standard InChI is InChI=1S/C98H43Cl4N14O2S4.Zn/c1-105-79(49-103)91-61-45-67(99)69(101)47-63(61)97(117)65(91)43-55-21-19-53(93-95(55)113-121-111-93)27-33-59-71-35-39-75(107-71)89(51-23-29-57(30-24-51)115-81-11-3-7-15-85(81)119-86-16-8-4-12-82(86)115)77-41-37-73(109-77)60(34-28-54-20-22-56(96-94(54)112-122-114-96)44-66-92(80(50-104)106-2)62-46-68(100)70(102)48-64(62)98(66)118)74-38-42-78(110-74)90(76-40-36-72(59)108-76)52-25-31-58(32-26-52)116-83-13-5-9-17-87(83)120-88-18-10-6-14-84(88)116;/h3-26,29-32,35-48H,(H-,107,108,109,110,111,112,113,114,117,118);/q-1;+2/p-1/b71-59?,72-59?,73-60?,74-60?,89-75?,89-77?,90-76?,90-78?,91-79-,92-80+;. The first-order valence-corrected chi connectivity index (χ1v) is 42.1. The van der Waals surface area contributed by atoms with Crippen molar-refractivity contribution in [3.63, 3.8) is 0 Å². The minimum atomic E-state index is -0.441. The molecular weight excluding hydrogens is 1740 g/mol. The van der Waals surface area contributed by atoms with Gasteiger partial charge in [0.2, 0.25) is 0 Å². The van der Waals surface area contributed by atoms with Crippen molar-refractivity contribution < 1.29 is 29.1 Å². The van der Waals surface area contributed by atoms with Crippen LogP contribution in [0.4, 0.5) is 34.1 Å². The molecule has 0 atom stereocenters. The number of para-hydroxylation sites is 4. The monoisotopic (exact) mass is 1780 g/mol. The Morgan fingerprint density at radius 2 is 0.748 bits per heavy atom. The summed E-state index contributed by atoms with van der Waals surface area (Å²) in [5.41, 5.74) is 18.9.